The third-order valence-electron chi connectivity index (χ3n) is 9.45. The Kier molecular flexibility index (Phi) is 8.64. The topological polar surface area (TPSA) is 97.3 Å². The molecule has 2 aromatic heterocycles. The van der Waals surface area contributed by atoms with Crippen molar-refractivity contribution in [2.24, 2.45) is 5.92 Å². The van der Waals surface area contributed by atoms with Crippen LogP contribution in [0.3, 0.4) is 0 Å². The fraction of sp³-hybridized carbons (Fsp3) is 0.581. The average molecular weight is 596 g/mol. The standard InChI is InChI=1S/C31H49N5O3Si2/c1-21-23(19-38-40(8,9)30(2,3)4)25(39-41(10,11)31(5,6)7)17-24(21)36-20-33-26-27(36)34-29(32)35-28(26)37-18-22-15-13-12-14-16-22/h12-16,20,23-25H,1,17-19H2,2-11H3,(H2,32,34,35)/t23-,24-,25-/m0/s1. The lowest BCUT2D eigenvalue weighted by molar-refractivity contribution is 0.111. The molecule has 2 N–H and O–H groups in total. The zero-order chi connectivity index (χ0) is 30.4. The lowest BCUT2D eigenvalue weighted by Gasteiger charge is -2.41. The summed E-state index contributed by atoms with van der Waals surface area (Å²) in [5.74, 6) is 0.595. The molecule has 0 aliphatic heterocycles. The Morgan fingerprint density at radius 3 is 2.22 bits per heavy atom. The lowest BCUT2D eigenvalue weighted by atomic mass is 10.0. The molecule has 224 valence electrons. The first-order valence-electron chi connectivity index (χ1n) is 14.6. The number of benzene rings is 1. The van der Waals surface area contributed by atoms with Gasteiger partial charge in [-0.05, 0) is 53.8 Å². The van der Waals surface area contributed by atoms with Gasteiger partial charge in [0.2, 0.25) is 11.8 Å². The zero-order valence-electron chi connectivity index (χ0n) is 26.6. The Bertz CT molecular complexity index is 1380. The minimum absolute atomic E-state index is 0.0106. The maximum Gasteiger partial charge on any atom is 0.247 e. The first-order chi connectivity index (χ1) is 18.9. The van der Waals surface area contributed by atoms with Crippen LogP contribution in [0.1, 0.15) is 59.6 Å². The van der Waals surface area contributed by atoms with Crippen LogP contribution in [0.15, 0.2) is 48.8 Å². The van der Waals surface area contributed by atoms with E-state index in [4.69, 9.17) is 24.3 Å². The number of nitrogen functional groups attached to an aromatic ring is 1. The van der Waals surface area contributed by atoms with Crippen molar-refractivity contribution in [1.29, 1.82) is 0 Å². The number of hydrogen-bond acceptors (Lipinski definition) is 7. The zero-order valence-corrected chi connectivity index (χ0v) is 28.6. The summed E-state index contributed by atoms with van der Waals surface area (Å²) in [4.78, 5) is 13.7. The van der Waals surface area contributed by atoms with Gasteiger partial charge in [-0.2, -0.15) is 9.97 Å². The summed E-state index contributed by atoms with van der Waals surface area (Å²) < 4.78 is 22.0. The predicted molar refractivity (Wildman–Crippen MR) is 172 cm³/mol. The number of nitrogens with zero attached hydrogens (tertiary/aromatic N) is 4. The molecule has 8 nitrogen and oxygen atoms in total. The first-order valence-corrected chi connectivity index (χ1v) is 20.4. The molecule has 3 atom stereocenters. The van der Waals surface area contributed by atoms with Crippen LogP contribution in [0.25, 0.3) is 11.2 Å². The van der Waals surface area contributed by atoms with E-state index in [1.807, 2.05) is 36.7 Å². The fourth-order valence-corrected chi connectivity index (χ4v) is 7.09. The van der Waals surface area contributed by atoms with Crippen LogP contribution in [0.2, 0.25) is 36.3 Å². The molecular weight excluding hydrogens is 547 g/mol. The second-order valence-corrected chi connectivity index (χ2v) is 24.0. The van der Waals surface area contributed by atoms with Crippen LogP contribution in [-0.4, -0.2) is 48.9 Å². The van der Waals surface area contributed by atoms with Crippen LogP contribution in [0, 0.1) is 5.92 Å². The second-order valence-electron chi connectivity index (χ2n) is 14.4. The van der Waals surface area contributed by atoms with E-state index in [2.05, 4.69) is 88.8 Å². The number of anilines is 1. The molecule has 2 heterocycles. The first kappa shape index (κ1) is 31.4. The Hall–Kier alpha value is -2.54. The van der Waals surface area contributed by atoms with Gasteiger partial charge in [0, 0.05) is 12.5 Å². The molecule has 1 fully saturated rings. The summed E-state index contributed by atoms with van der Waals surface area (Å²) in [7, 11) is -4.03. The summed E-state index contributed by atoms with van der Waals surface area (Å²) in [5.41, 5.74) is 9.53. The highest BCUT2D eigenvalue weighted by Gasteiger charge is 2.47. The minimum atomic E-state index is -2.06. The van der Waals surface area contributed by atoms with E-state index in [1.54, 1.807) is 0 Å². The number of ether oxygens (including phenoxy) is 1. The van der Waals surface area contributed by atoms with Gasteiger partial charge in [-0.3, -0.25) is 0 Å². The Labute approximate surface area is 248 Å². The monoisotopic (exact) mass is 595 g/mol. The second kappa shape index (κ2) is 11.3. The van der Waals surface area contributed by atoms with Gasteiger partial charge >= 0.3 is 0 Å². The number of rotatable bonds is 9. The normalized spacial score (nSPS) is 20.6. The van der Waals surface area contributed by atoms with Gasteiger partial charge in [0.15, 0.2) is 27.8 Å². The summed E-state index contributed by atoms with van der Waals surface area (Å²) >= 11 is 0. The van der Waals surface area contributed by atoms with Gasteiger partial charge in [0.25, 0.3) is 0 Å². The van der Waals surface area contributed by atoms with Crippen molar-refractivity contribution in [3.8, 4) is 5.88 Å². The number of nitrogens with two attached hydrogens (primary N) is 1. The largest absolute Gasteiger partial charge is 0.471 e. The SMILES string of the molecule is C=C1[C@H](CO[Si](C)(C)C(C)(C)C)[C@@H](O[Si](C)(C)C(C)(C)C)C[C@@H]1n1cnc2c(OCc3ccccc3)nc(N)nc21. The van der Waals surface area contributed by atoms with Gasteiger partial charge in [-0.25, -0.2) is 4.98 Å². The molecule has 0 unspecified atom stereocenters. The minimum Gasteiger partial charge on any atom is -0.471 e. The molecular formula is C31H49N5O3Si2. The Balaban J connectivity index is 1.66. The molecule has 0 radical (unpaired) electrons. The fourth-order valence-electron chi connectivity index (χ4n) is 4.69. The van der Waals surface area contributed by atoms with Crippen LogP contribution >= 0.6 is 0 Å². The van der Waals surface area contributed by atoms with E-state index < -0.39 is 16.6 Å². The van der Waals surface area contributed by atoms with Crippen molar-refractivity contribution in [2.75, 3.05) is 12.3 Å². The molecule has 0 bridgehead atoms. The van der Waals surface area contributed by atoms with E-state index in [-0.39, 0.29) is 34.1 Å². The van der Waals surface area contributed by atoms with Gasteiger partial charge < -0.3 is 23.9 Å². The quantitative estimate of drug-likeness (QED) is 0.202. The number of aromatic nitrogens is 4. The summed E-state index contributed by atoms with van der Waals surface area (Å²) in [6, 6.07) is 9.91. The van der Waals surface area contributed by atoms with Gasteiger partial charge in [-0.15, -0.1) is 0 Å². The van der Waals surface area contributed by atoms with Gasteiger partial charge in [-0.1, -0.05) is 78.5 Å². The van der Waals surface area contributed by atoms with Crippen molar-refractivity contribution in [2.45, 2.75) is 103 Å². The number of fused-ring (bicyclic) bond motifs is 1. The number of hydrogen-bond donors (Lipinski definition) is 1. The highest BCUT2D eigenvalue weighted by atomic mass is 28.4. The predicted octanol–water partition coefficient (Wildman–Crippen LogP) is 7.52. The van der Waals surface area contributed by atoms with Crippen LogP contribution in [-0.2, 0) is 15.5 Å². The molecule has 3 aromatic rings. The van der Waals surface area contributed by atoms with Crippen LogP contribution in [0.4, 0.5) is 5.95 Å². The maximum absolute atomic E-state index is 7.07. The Morgan fingerprint density at radius 1 is 0.976 bits per heavy atom. The molecule has 1 saturated carbocycles. The van der Waals surface area contributed by atoms with E-state index in [0.29, 0.717) is 30.3 Å². The highest BCUT2D eigenvalue weighted by molar-refractivity contribution is 6.74. The molecule has 0 saturated heterocycles. The third-order valence-corrected chi connectivity index (χ3v) is 18.5. The van der Waals surface area contributed by atoms with Crippen molar-refractivity contribution in [3.63, 3.8) is 0 Å². The summed E-state index contributed by atoms with van der Waals surface area (Å²) in [6.45, 7) is 28.5. The molecule has 0 spiro atoms. The van der Waals surface area contributed by atoms with Crippen LogP contribution in [0.5, 0.6) is 5.88 Å². The summed E-state index contributed by atoms with van der Waals surface area (Å²) in [5, 5.41) is 0.207. The average Bonchev–Trinajstić information content (AvgIpc) is 3.40. The molecule has 10 heteroatoms. The Morgan fingerprint density at radius 2 is 1.61 bits per heavy atom. The van der Waals surface area contributed by atoms with Crippen molar-refractivity contribution in [3.05, 3.63) is 54.4 Å². The smallest absolute Gasteiger partial charge is 0.247 e. The molecule has 1 aromatic carbocycles. The number of imidazole rings is 1. The van der Waals surface area contributed by atoms with Crippen molar-refractivity contribution in [1.82, 2.24) is 19.5 Å². The summed E-state index contributed by atoms with van der Waals surface area (Å²) in [6.07, 6.45) is 2.57. The lowest BCUT2D eigenvalue weighted by Crippen LogP contribution is -2.47. The van der Waals surface area contributed by atoms with Gasteiger partial charge in [0.05, 0.1) is 18.5 Å². The molecule has 41 heavy (non-hydrogen) atoms. The maximum atomic E-state index is 7.07. The third kappa shape index (κ3) is 6.60. The van der Waals surface area contributed by atoms with Crippen LogP contribution < -0.4 is 10.5 Å². The van der Waals surface area contributed by atoms with E-state index in [0.717, 1.165) is 17.6 Å². The van der Waals surface area contributed by atoms with Gasteiger partial charge in [0.1, 0.15) is 6.61 Å². The highest BCUT2D eigenvalue weighted by Crippen LogP contribution is 2.47. The molecule has 0 amide bonds. The molecule has 1 aliphatic carbocycles. The van der Waals surface area contributed by atoms with E-state index in [9.17, 15) is 0 Å². The van der Waals surface area contributed by atoms with Crippen molar-refractivity contribution < 1.29 is 13.6 Å². The van der Waals surface area contributed by atoms with E-state index in [1.165, 1.54) is 0 Å². The molecule has 1 aliphatic rings. The van der Waals surface area contributed by atoms with Crippen molar-refractivity contribution >= 4 is 33.7 Å². The van der Waals surface area contributed by atoms with E-state index >= 15 is 0 Å². The molecule has 4 rings (SSSR count).